The summed E-state index contributed by atoms with van der Waals surface area (Å²) in [6.07, 6.45) is 0.803. The highest BCUT2D eigenvalue weighted by atomic mass is 16.5. The van der Waals surface area contributed by atoms with E-state index in [0.29, 0.717) is 0 Å². The second-order valence-corrected chi connectivity index (χ2v) is 3.42. The van der Waals surface area contributed by atoms with Crippen LogP contribution in [0, 0.1) is 6.23 Å². The summed E-state index contributed by atoms with van der Waals surface area (Å²) in [5.74, 6) is 0.886. The molecule has 2 heteroatoms. The van der Waals surface area contributed by atoms with Gasteiger partial charge in [0.05, 0.1) is 5.69 Å². The number of ether oxygens (including phenoxy) is 1. The van der Waals surface area contributed by atoms with Crippen LogP contribution in [-0.4, -0.2) is 0 Å². The predicted molar refractivity (Wildman–Crippen MR) is 59.5 cm³/mol. The molecule has 1 N–H and O–H groups in total. The summed E-state index contributed by atoms with van der Waals surface area (Å²) in [7, 11) is 0. The number of hydrogen-bond acceptors (Lipinski definition) is 2. The number of hydrogen-bond donors (Lipinski definition) is 1. The minimum atomic E-state index is 0.803. The minimum Gasteiger partial charge on any atom is -0.455 e. The average molecular weight is 196 g/mol. The van der Waals surface area contributed by atoms with Crippen LogP contribution in [-0.2, 0) is 0 Å². The molecule has 0 unspecified atom stereocenters. The van der Waals surface area contributed by atoms with Crippen LogP contribution in [0.2, 0.25) is 0 Å². The molecule has 1 radical (unpaired) electrons. The van der Waals surface area contributed by atoms with Crippen LogP contribution >= 0.6 is 0 Å². The molecule has 73 valence electrons. The van der Waals surface area contributed by atoms with Gasteiger partial charge < -0.3 is 10.1 Å². The van der Waals surface area contributed by atoms with Crippen molar-refractivity contribution in [3.8, 4) is 5.75 Å². The Morgan fingerprint density at radius 1 is 0.800 bits per heavy atom. The molecule has 0 amide bonds. The fourth-order valence-electron chi connectivity index (χ4n) is 1.64. The first-order chi connectivity index (χ1) is 7.43. The van der Waals surface area contributed by atoms with Gasteiger partial charge in [0, 0.05) is 5.56 Å². The quantitative estimate of drug-likeness (QED) is 0.757. The molecule has 0 saturated carbocycles. The van der Waals surface area contributed by atoms with Crippen molar-refractivity contribution in [3.05, 3.63) is 66.4 Å². The number of benzene rings is 2. The van der Waals surface area contributed by atoms with Gasteiger partial charge in [-0.15, -0.1) is 0 Å². The van der Waals surface area contributed by atoms with Crippen LogP contribution in [0.4, 0.5) is 5.69 Å². The molecule has 2 nitrogen and oxygen atoms in total. The van der Waals surface area contributed by atoms with Crippen molar-refractivity contribution in [2.45, 2.75) is 0 Å². The van der Waals surface area contributed by atoms with Crippen LogP contribution in [0.25, 0.3) is 0 Å². The standard InChI is InChI=1S/C13H10NO/c1-2-6-10(7-3-1)13-14-11-8-4-5-9-12(11)15-13/h1-9,14H. The molecule has 1 heterocycles. The average Bonchev–Trinajstić information content (AvgIpc) is 2.74. The Bertz CT molecular complexity index is 442. The molecule has 0 atom stereocenters. The van der Waals surface area contributed by atoms with Gasteiger partial charge in [0.1, 0.15) is 5.75 Å². The van der Waals surface area contributed by atoms with Crippen LogP contribution in [0.15, 0.2) is 54.6 Å². The summed E-state index contributed by atoms with van der Waals surface area (Å²) in [6.45, 7) is 0. The SMILES string of the molecule is c1ccc([C]2Nc3ccccc3O2)cc1. The van der Waals surface area contributed by atoms with Gasteiger partial charge in [-0.2, -0.15) is 0 Å². The lowest BCUT2D eigenvalue weighted by Gasteiger charge is -2.08. The molecule has 1 aliphatic heterocycles. The summed E-state index contributed by atoms with van der Waals surface area (Å²) in [5.41, 5.74) is 2.09. The highest BCUT2D eigenvalue weighted by Gasteiger charge is 2.24. The highest BCUT2D eigenvalue weighted by Crippen LogP contribution is 2.36. The largest absolute Gasteiger partial charge is 0.455 e. The van der Waals surface area contributed by atoms with E-state index in [1.807, 2.05) is 54.6 Å². The molecule has 0 saturated heterocycles. The monoisotopic (exact) mass is 196 g/mol. The second kappa shape index (κ2) is 3.31. The Morgan fingerprint density at radius 3 is 2.33 bits per heavy atom. The Balaban J connectivity index is 1.91. The Labute approximate surface area is 88.5 Å². The maximum Gasteiger partial charge on any atom is 0.270 e. The zero-order valence-electron chi connectivity index (χ0n) is 8.10. The topological polar surface area (TPSA) is 21.3 Å². The highest BCUT2D eigenvalue weighted by molar-refractivity contribution is 5.64. The van der Waals surface area contributed by atoms with E-state index >= 15 is 0 Å². The fourth-order valence-corrected chi connectivity index (χ4v) is 1.64. The molecule has 0 aromatic heterocycles. The van der Waals surface area contributed by atoms with Crippen LogP contribution in [0.5, 0.6) is 5.75 Å². The lowest BCUT2D eigenvalue weighted by Crippen LogP contribution is -2.10. The van der Waals surface area contributed by atoms with Gasteiger partial charge in [-0.25, -0.2) is 0 Å². The van der Waals surface area contributed by atoms with Crippen molar-refractivity contribution in [1.29, 1.82) is 0 Å². The van der Waals surface area contributed by atoms with Crippen LogP contribution in [0.1, 0.15) is 5.56 Å². The number of fused-ring (bicyclic) bond motifs is 1. The van der Waals surface area contributed by atoms with Gasteiger partial charge >= 0.3 is 0 Å². The summed E-state index contributed by atoms with van der Waals surface area (Å²) in [4.78, 5) is 0. The Kier molecular flexibility index (Phi) is 1.85. The lowest BCUT2D eigenvalue weighted by molar-refractivity contribution is 0.391. The zero-order valence-corrected chi connectivity index (χ0v) is 8.10. The maximum atomic E-state index is 5.70. The van der Waals surface area contributed by atoms with Crippen molar-refractivity contribution in [2.75, 3.05) is 5.32 Å². The molecular weight excluding hydrogens is 186 g/mol. The smallest absolute Gasteiger partial charge is 0.270 e. The summed E-state index contributed by atoms with van der Waals surface area (Å²) >= 11 is 0. The zero-order chi connectivity index (χ0) is 10.1. The van der Waals surface area contributed by atoms with Gasteiger partial charge in [-0.1, -0.05) is 42.5 Å². The first kappa shape index (κ1) is 8.36. The van der Waals surface area contributed by atoms with Crippen molar-refractivity contribution < 1.29 is 4.74 Å². The van der Waals surface area contributed by atoms with Gasteiger partial charge in [0.25, 0.3) is 6.23 Å². The van der Waals surface area contributed by atoms with E-state index in [0.717, 1.165) is 23.2 Å². The van der Waals surface area contributed by atoms with Crippen molar-refractivity contribution in [1.82, 2.24) is 0 Å². The molecule has 0 spiro atoms. The minimum absolute atomic E-state index is 0.803. The van der Waals surface area contributed by atoms with Crippen molar-refractivity contribution in [2.24, 2.45) is 0 Å². The molecule has 0 aliphatic carbocycles. The summed E-state index contributed by atoms with van der Waals surface area (Å²) in [6, 6.07) is 17.9. The summed E-state index contributed by atoms with van der Waals surface area (Å²) < 4.78 is 5.70. The van der Waals surface area contributed by atoms with Gasteiger partial charge in [-0.3, -0.25) is 0 Å². The first-order valence-corrected chi connectivity index (χ1v) is 4.90. The molecule has 2 aromatic rings. The predicted octanol–water partition coefficient (Wildman–Crippen LogP) is 3.03. The number of nitrogens with one attached hydrogen (secondary N) is 1. The van der Waals surface area contributed by atoms with E-state index < -0.39 is 0 Å². The van der Waals surface area contributed by atoms with E-state index in [1.54, 1.807) is 0 Å². The number of rotatable bonds is 1. The van der Waals surface area contributed by atoms with Crippen molar-refractivity contribution in [3.63, 3.8) is 0 Å². The molecule has 15 heavy (non-hydrogen) atoms. The maximum absolute atomic E-state index is 5.70. The molecule has 0 bridgehead atoms. The van der Waals surface area contributed by atoms with Gasteiger partial charge in [0.2, 0.25) is 0 Å². The van der Waals surface area contributed by atoms with E-state index in [9.17, 15) is 0 Å². The molecule has 1 aliphatic rings. The third kappa shape index (κ3) is 1.44. The van der Waals surface area contributed by atoms with E-state index in [1.165, 1.54) is 0 Å². The number of para-hydroxylation sites is 2. The molecule has 3 rings (SSSR count). The number of anilines is 1. The van der Waals surface area contributed by atoms with Crippen LogP contribution < -0.4 is 10.1 Å². The summed E-state index contributed by atoms with van der Waals surface area (Å²) in [5, 5.41) is 3.25. The Morgan fingerprint density at radius 2 is 1.53 bits per heavy atom. The third-order valence-electron chi connectivity index (χ3n) is 2.38. The van der Waals surface area contributed by atoms with E-state index in [2.05, 4.69) is 5.32 Å². The lowest BCUT2D eigenvalue weighted by atomic mass is 10.2. The van der Waals surface area contributed by atoms with Gasteiger partial charge in [0.15, 0.2) is 0 Å². The van der Waals surface area contributed by atoms with E-state index in [-0.39, 0.29) is 0 Å². The fraction of sp³-hybridized carbons (Fsp3) is 0. The van der Waals surface area contributed by atoms with Crippen LogP contribution in [0.3, 0.4) is 0 Å². The first-order valence-electron chi connectivity index (χ1n) is 4.90. The van der Waals surface area contributed by atoms with Gasteiger partial charge in [-0.05, 0) is 12.1 Å². The normalized spacial score (nSPS) is 14.1. The van der Waals surface area contributed by atoms with E-state index in [4.69, 9.17) is 4.74 Å². The third-order valence-corrected chi connectivity index (χ3v) is 2.38. The molecule has 0 fully saturated rings. The second-order valence-electron chi connectivity index (χ2n) is 3.42. The van der Waals surface area contributed by atoms with Crippen molar-refractivity contribution >= 4 is 5.69 Å². The Hall–Kier alpha value is -1.96. The molecule has 2 aromatic carbocycles. The molecular formula is C13H10NO.